The van der Waals surface area contributed by atoms with Crippen molar-refractivity contribution in [2.24, 2.45) is 5.92 Å². The molecule has 3 aromatic rings. The molecule has 28 heavy (non-hydrogen) atoms. The van der Waals surface area contributed by atoms with Crippen LogP contribution in [0.3, 0.4) is 0 Å². The first-order valence-corrected chi connectivity index (χ1v) is 10.6. The number of hydrogen-bond donors (Lipinski definition) is 3. The Balaban J connectivity index is 1.80. The lowest BCUT2D eigenvalue weighted by atomic mass is 10.0. The maximum atomic E-state index is 12.8. The third-order valence-corrected chi connectivity index (χ3v) is 5.77. The van der Waals surface area contributed by atoms with E-state index in [2.05, 4.69) is 20.0 Å². The molecule has 2 aromatic carbocycles. The normalized spacial score (nSPS) is 13.0. The highest BCUT2D eigenvalue weighted by atomic mass is 32.2. The second kappa shape index (κ2) is 8.12. The van der Waals surface area contributed by atoms with Crippen molar-refractivity contribution in [3.05, 3.63) is 54.1 Å². The summed E-state index contributed by atoms with van der Waals surface area (Å²) in [5.41, 5.74) is 2.47. The van der Waals surface area contributed by atoms with Gasteiger partial charge >= 0.3 is 0 Å². The zero-order valence-electron chi connectivity index (χ0n) is 16.1. The third kappa shape index (κ3) is 4.76. The number of amides is 1. The molecule has 8 heteroatoms. The molecule has 1 atom stereocenters. The van der Waals surface area contributed by atoms with Gasteiger partial charge in [-0.05, 0) is 43.5 Å². The number of H-pyrrole nitrogens is 1. The van der Waals surface area contributed by atoms with Gasteiger partial charge in [0.1, 0.15) is 6.04 Å². The smallest absolute Gasteiger partial charge is 0.244 e. The van der Waals surface area contributed by atoms with Gasteiger partial charge < -0.3 is 4.98 Å². The maximum Gasteiger partial charge on any atom is 0.244 e. The molecule has 0 aliphatic heterocycles. The topological polar surface area (TPSA) is 104 Å². The molecule has 3 rings (SSSR count). The fraction of sp³-hybridized carbons (Fsp3) is 0.300. The maximum absolute atomic E-state index is 12.8. The van der Waals surface area contributed by atoms with Crippen molar-refractivity contribution >= 4 is 32.9 Å². The van der Waals surface area contributed by atoms with Crippen LogP contribution >= 0.6 is 0 Å². The first-order chi connectivity index (χ1) is 13.2. The molecule has 0 saturated heterocycles. The summed E-state index contributed by atoms with van der Waals surface area (Å²) in [7, 11) is -3.83. The van der Waals surface area contributed by atoms with E-state index in [0.717, 1.165) is 16.6 Å². The molecule has 7 nitrogen and oxygen atoms in total. The molecule has 1 amide bonds. The molecule has 0 aliphatic carbocycles. The van der Waals surface area contributed by atoms with Crippen molar-refractivity contribution in [2.75, 3.05) is 5.32 Å². The molecule has 0 bridgehead atoms. The van der Waals surface area contributed by atoms with Crippen LogP contribution in [0.4, 0.5) is 5.95 Å². The number of imidazole rings is 1. The van der Waals surface area contributed by atoms with Crippen LogP contribution in [-0.4, -0.2) is 30.3 Å². The van der Waals surface area contributed by atoms with Crippen LogP contribution in [-0.2, 0) is 14.8 Å². The van der Waals surface area contributed by atoms with E-state index in [0.29, 0.717) is 6.42 Å². The number of rotatable bonds is 7. The zero-order chi connectivity index (χ0) is 20.3. The molecule has 0 fully saturated rings. The molecule has 1 heterocycles. The molecule has 0 radical (unpaired) electrons. The number of anilines is 1. The van der Waals surface area contributed by atoms with Crippen LogP contribution in [0.15, 0.2) is 53.4 Å². The summed E-state index contributed by atoms with van der Waals surface area (Å²) in [4.78, 5) is 20.2. The average molecular weight is 401 g/mol. The van der Waals surface area contributed by atoms with Gasteiger partial charge in [-0.2, -0.15) is 4.72 Å². The molecule has 3 N–H and O–H groups in total. The van der Waals surface area contributed by atoms with E-state index in [1.54, 1.807) is 12.1 Å². The Labute approximate surface area is 164 Å². The van der Waals surface area contributed by atoms with Gasteiger partial charge in [0.25, 0.3) is 0 Å². The van der Waals surface area contributed by atoms with Gasteiger partial charge in [0, 0.05) is 0 Å². The lowest BCUT2D eigenvalue weighted by Crippen LogP contribution is -2.44. The van der Waals surface area contributed by atoms with Crippen molar-refractivity contribution in [1.29, 1.82) is 0 Å². The number of para-hydroxylation sites is 2. The number of fused-ring (bicyclic) bond motifs is 1. The number of carbonyl (C=O) groups is 1. The highest BCUT2D eigenvalue weighted by Crippen LogP contribution is 2.16. The lowest BCUT2D eigenvalue weighted by Gasteiger charge is -2.19. The van der Waals surface area contributed by atoms with E-state index in [1.165, 1.54) is 12.1 Å². The van der Waals surface area contributed by atoms with Crippen molar-refractivity contribution in [3.63, 3.8) is 0 Å². The Morgan fingerprint density at radius 3 is 2.43 bits per heavy atom. The second-order valence-corrected chi connectivity index (χ2v) is 8.92. The quantitative estimate of drug-likeness (QED) is 0.566. The average Bonchev–Trinajstić information content (AvgIpc) is 3.03. The second-order valence-electron chi connectivity index (χ2n) is 7.21. The molecule has 0 saturated carbocycles. The number of nitrogens with one attached hydrogen (secondary N) is 3. The number of benzene rings is 2. The Kier molecular flexibility index (Phi) is 5.81. The first-order valence-electron chi connectivity index (χ1n) is 9.09. The number of carbonyl (C=O) groups excluding carboxylic acids is 1. The predicted molar refractivity (Wildman–Crippen MR) is 109 cm³/mol. The minimum absolute atomic E-state index is 0.118. The van der Waals surface area contributed by atoms with Gasteiger partial charge in [0.05, 0.1) is 15.9 Å². The number of aromatic amines is 1. The minimum Gasteiger partial charge on any atom is -0.324 e. The van der Waals surface area contributed by atoms with Crippen LogP contribution in [0, 0.1) is 12.8 Å². The molecule has 0 unspecified atom stereocenters. The largest absolute Gasteiger partial charge is 0.324 e. The summed E-state index contributed by atoms with van der Waals surface area (Å²) in [6, 6.07) is 13.0. The van der Waals surface area contributed by atoms with Crippen LogP contribution in [0.25, 0.3) is 11.0 Å². The molecular weight excluding hydrogens is 376 g/mol. The highest BCUT2D eigenvalue weighted by Gasteiger charge is 2.27. The molecule has 0 spiro atoms. The number of hydrogen-bond acceptors (Lipinski definition) is 4. The van der Waals surface area contributed by atoms with E-state index >= 15 is 0 Å². The van der Waals surface area contributed by atoms with Gasteiger partial charge in [0.15, 0.2) is 0 Å². The third-order valence-electron chi connectivity index (χ3n) is 4.28. The Morgan fingerprint density at radius 2 is 1.79 bits per heavy atom. The Hall–Kier alpha value is -2.71. The predicted octanol–water partition coefficient (Wildman–Crippen LogP) is 3.20. The lowest BCUT2D eigenvalue weighted by molar-refractivity contribution is -0.118. The number of sulfonamides is 1. The SMILES string of the molecule is Cc1ccc(S(=O)(=O)N[C@H](CC(C)C)C(=O)Nc2nc3ccccc3[nH]2)cc1. The summed E-state index contributed by atoms with van der Waals surface area (Å²) < 4.78 is 28.0. The van der Waals surface area contributed by atoms with Crippen LogP contribution < -0.4 is 10.0 Å². The van der Waals surface area contributed by atoms with E-state index in [1.807, 2.05) is 45.0 Å². The Morgan fingerprint density at radius 1 is 1.11 bits per heavy atom. The van der Waals surface area contributed by atoms with Gasteiger partial charge in [-0.25, -0.2) is 13.4 Å². The molecular formula is C20H24N4O3S. The molecule has 0 aliphatic rings. The van der Waals surface area contributed by atoms with E-state index < -0.39 is 22.0 Å². The van der Waals surface area contributed by atoms with E-state index in [-0.39, 0.29) is 16.8 Å². The number of aryl methyl sites for hydroxylation is 1. The summed E-state index contributed by atoms with van der Waals surface area (Å²) in [5, 5.41) is 2.69. The summed E-state index contributed by atoms with van der Waals surface area (Å²) in [6.07, 6.45) is 0.358. The van der Waals surface area contributed by atoms with E-state index in [9.17, 15) is 13.2 Å². The zero-order valence-corrected chi connectivity index (χ0v) is 16.9. The van der Waals surface area contributed by atoms with Gasteiger partial charge in [-0.3, -0.25) is 10.1 Å². The fourth-order valence-corrected chi connectivity index (χ4v) is 4.08. The first kappa shape index (κ1) is 20.0. The highest BCUT2D eigenvalue weighted by molar-refractivity contribution is 7.89. The van der Waals surface area contributed by atoms with E-state index in [4.69, 9.17) is 0 Å². The fourth-order valence-electron chi connectivity index (χ4n) is 2.87. The van der Waals surface area contributed by atoms with Crippen molar-refractivity contribution in [2.45, 2.75) is 38.1 Å². The Bertz CT molecular complexity index is 1040. The minimum atomic E-state index is -3.83. The number of nitrogens with zero attached hydrogens (tertiary/aromatic N) is 1. The van der Waals surface area contributed by atoms with Crippen LogP contribution in [0.5, 0.6) is 0 Å². The number of aromatic nitrogens is 2. The van der Waals surface area contributed by atoms with Crippen LogP contribution in [0.1, 0.15) is 25.8 Å². The van der Waals surface area contributed by atoms with Crippen LogP contribution in [0.2, 0.25) is 0 Å². The molecule has 148 valence electrons. The summed E-state index contributed by atoms with van der Waals surface area (Å²) in [5.74, 6) is -0.0509. The molecule has 1 aromatic heterocycles. The van der Waals surface area contributed by atoms with Gasteiger partial charge in [-0.15, -0.1) is 0 Å². The van der Waals surface area contributed by atoms with Crippen molar-refractivity contribution in [3.8, 4) is 0 Å². The van der Waals surface area contributed by atoms with Gasteiger partial charge in [-0.1, -0.05) is 43.7 Å². The van der Waals surface area contributed by atoms with Gasteiger partial charge in [0.2, 0.25) is 21.9 Å². The standard InChI is InChI=1S/C20H24N4O3S/c1-13(2)12-18(24-28(26,27)15-10-8-14(3)9-11-15)19(25)23-20-21-16-6-4-5-7-17(16)22-20/h4-11,13,18,24H,12H2,1-3H3,(H2,21,22,23,25)/t18-/m1/s1. The van der Waals surface area contributed by atoms with Crippen molar-refractivity contribution in [1.82, 2.24) is 14.7 Å². The summed E-state index contributed by atoms with van der Waals surface area (Å²) in [6.45, 7) is 5.75. The summed E-state index contributed by atoms with van der Waals surface area (Å²) >= 11 is 0. The monoisotopic (exact) mass is 400 g/mol. The van der Waals surface area contributed by atoms with Crippen molar-refractivity contribution < 1.29 is 13.2 Å².